The third-order valence-electron chi connectivity index (χ3n) is 2.37. The summed E-state index contributed by atoms with van der Waals surface area (Å²) in [6, 6.07) is 12.9. The second kappa shape index (κ2) is 6.16. The Kier molecular flexibility index (Phi) is 4.31. The zero-order valence-corrected chi connectivity index (χ0v) is 10.7. The van der Waals surface area contributed by atoms with Crippen molar-refractivity contribution in [2.24, 2.45) is 0 Å². The van der Waals surface area contributed by atoms with Gasteiger partial charge in [0.1, 0.15) is 5.82 Å². The molecule has 2 aromatic carbocycles. The van der Waals surface area contributed by atoms with Gasteiger partial charge in [-0.25, -0.2) is 4.39 Å². The van der Waals surface area contributed by atoms with Crippen molar-refractivity contribution in [1.29, 1.82) is 0 Å². The average Bonchev–Trinajstić information content (AvgIpc) is 2.36. The smallest absolute Gasteiger partial charge is 0.248 e. The molecule has 1 amide bonds. The Bertz CT molecular complexity index is 625. The van der Waals surface area contributed by atoms with Crippen molar-refractivity contribution in [2.45, 2.75) is 0 Å². The fraction of sp³-hybridized carbons (Fsp3) is 0. The number of rotatable bonds is 3. The molecular weight excluding hydrogens is 265 g/mol. The van der Waals surface area contributed by atoms with Crippen LogP contribution in [0.4, 0.5) is 10.1 Å². The number of hydrogen-bond acceptors (Lipinski definition) is 1. The van der Waals surface area contributed by atoms with Gasteiger partial charge in [0.2, 0.25) is 5.91 Å². The average molecular weight is 276 g/mol. The highest BCUT2D eigenvalue weighted by atomic mass is 35.5. The van der Waals surface area contributed by atoms with E-state index in [0.29, 0.717) is 16.3 Å². The van der Waals surface area contributed by atoms with Crippen LogP contribution in [0.1, 0.15) is 5.56 Å². The fourth-order valence-corrected chi connectivity index (χ4v) is 1.72. The molecule has 19 heavy (non-hydrogen) atoms. The maximum absolute atomic E-state index is 12.9. The van der Waals surface area contributed by atoms with Crippen LogP contribution in [0, 0.1) is 5.82 Å². The van der Waals surface area contributed by atoms with Gasteiger partial charge in [0, 0.05) is 16.8 Å². The molecule has 0 heterocycles. The summed E-state index contributed by atoms with van der Waals surface area (Å²) in [6.07, 6.45) is 2.89. The van der Waals surface area contributed by atoms with Gasteiger partial charge in [-0.2, -0.15) is 0 Å². The lowest BCUT2D eigenvalue weighted by atomic mass is 10.2. The van der Waals surface area contributed by atoms with E-state index in [1.54, 1.807) is 42.5 Å². The zero-order valence-electron chi connectivity index (χ0n) is 9.94. The van der Waals surface area contributed by atoms with E-state index in [1.165, 1.54) is 18.2 Å². The summed E-state index contributed by atoms with van der Waals surface area (Å²) in [5, 5.41) is 3.21. The van der Waals surface area contributed by atoms with Crippen molar-refractivity contribution < 1.29 is 9.18 Å². The van der Waals surface area contributed by atoms with Crippen LogP contribution in [0.5, 0.6) is 0 Å². The van der Waals surface area contributed by atoms with E-state index in [9.17, 15) is 9.18 Å². The van der Waals surface area contributed by atoms with Gasteiger partial charge in [0.15, 0.2) is 0 Å². The first-order valence-corrected chi connectivity index (χ1v) is 6.01. The summed E-state index contributed by atoms with van der Waals surface area (Å²) in [7, 11) is 0. The minimum Gasteiger partial charge on any atom is -0.322 e. The summed E-state index contributed by atoms with van der Waals surface area (Å²) in [6.45, 7) is 0. The molecule has 0 unspecified atom stereocenters. The molecule has 2 rings (SSSR count). The van der Waals surface area contributed by atoms with Gasteiger partial charge < -0.3 is 5.32 Å². The van der Waals surface area contributed by atoms with Crippen LogP contribution in [0.3, 0.4) is 0 Å². The number of carbonyl (C=O) groups is 1. The molecule has 0 aliphatic rings. The summed E-state index contributed by atoms with van der Waals surface area (Å²) >= 11 is 5.81. The Morgan fingerprint density at radius 2 is 1.95 bits per heavy atom. The van der Waals surface area contributed by atoms with Crippen LogP contribution >= 0.6 is 11.6 Å². The molecule has 0 radical (unpaired) electrons. The van der Waals surface area contributed by atoms with Gasteiger partial charge in [-0.05, 0) is 42.0 Å². The molecule has 0 spiro atoms. The SMILES string of the molecule is O=C(C=Cc1cccc(F)c1)Nc1cccc(Cl)c1. The number of halogens is 2. The van der Waals surface area contributed by atoms with Crippen molar-refractivity contribution >= 4 is 29.3 Å². The molecule has 2 aromatic rings. The first kappa shape index (κ1) is 13.3. The van der Waals surface area contributed by atoms with Crippen LogP contribution in [-0.2, 0) is 4.79 Å². The molecular formula is C15H11ClFNO. The predicted molar refractivity (Wildman–Crippen MR) is 75.5 cm³/mol. The summed E-state index contributed by atoms with van der Waals surface area (Å²) in [5.41, 5.74) is 1.24. The van der Waals surface area contributed by atoms with Crippen molar-refractivity contribution in [3.05, 3.63) is 71.0 Å². The molecule has 4 heteroatoms. The Labute approximate surface area is 115 Å². The number of anilines is 1. The van der Waals surface area contributed by atoms with Crippen LogP contribution in [0.25, 0.3) is 6.08 Å². The van der Waals surface area contributed by atoms with E-state index in [2.05, 4.69) is 5.32 Å². The van der Waals surface area contributed by atoms with E-state index in [1.807, 2.05) is 0 Å². The molecule has 0 aliphatic carbocycles. The quantitative estimate of drug-likeness (QED) is 0.839. The second-order valence-corrected chi connectivity index (χ2v) is 4.32. The highest BCUT2D eigenvalue weighted by Crippen LogP contribution is 2.15. The number of amides is 1. The standard InChI is InChI=1S/C15H11ClFNO/c16-12-4-2-6-14(10-12)18-15(19)8-7-11-3-1-5-13(17)9-11/h1-10H,(H,18,19). The summed E-state index contributed by atoms with van der Waals surface area (Å²) in [4.78, 5) is 11.6. The van der Waals surface area contributed by atoms with Gasteiger partial charge in [0.25, 0.3) is 0 Å². The van der Waals surface area contributed by atoms with E-state index in [0.717, 1.165) is 0 Å². The Balaban J connectivity index is 2.01. The van der Waals surface area contributed by atoms with Crippen molar-refractivity contribution in [3.8, 4) is 0 Å². The topological polar surface area (TPSA) is 29.1 Å². The summed E-state index contributed by atoms with van der Waals surface area (Å²) < 4.78 is 12.9. The van der Waals surface area contributed by atoms with Gasteiger partial charge >= 0.3 is 0 Å². The van der Waals surface area contributed by atoms with E-state index < -0.39 is 0 Å². The lowest BCUT2D eigenvalue weighted by Gasteiger charge is -2.02. The van der Waals surface area contributed by atoms with Gasteiger partial charge in [-0.1, -0.05) is 29.8 Å². The van der Waals surface area contributed by atoms with Crippen LogP contribution in [0.2, 0.25) is 5.02 Å². The fourth-order valence-electron chi connectivity index (χ4n) is 1.53. The minimum absolute atomic E-state index is 0.300. The monoisotopic (exact) mass is 275 g/mol. The Morgan fingerprint density at radius 1 is 1.16 bits per heavy atom. The number of hydrogen-bond donors (Lipinski definition) is 1. The molecule has 0 fully saturated rings. The lowest BCUT2D eigenvalue weighted by Crippen LogP contribution is -2.07. The Morgan fingerprint density at radius 3 is 2.68 bits per heavy atom. The molecule has 1 N–H and O–H groups in total. The molecule has 0 atom stereocenters. The molecule has 0 aliphatic heterocycles. The first-order valence-electron chi connectivity index (χ1n) is 5.64. The summed E-state index contributed by atoms with van der Waals surface area (Å²) in [5.74, 6) is -0.635. The highest BCUT2D eigenvalue weighted by molar-refractivity contribution is 6.30. The molecule has 96 valence electrons. The first-order chi connectivity index (χ1) is 9.13. The predicted octanol–water partition coefficient (Wildman–Crippen LogP) is 4.13. The van der Waals surface area contributed by atoms with E-state index >= 15 is 0 Å². The number of nitrogens with one attached hydrogen (secondary N) is 1. The Hall–Kier alpha value is -2.13. The van der Waals surface area contributed by atoms with Gasteiger partial charge in [0.05, 0.1) is 0 Å². The van der Waals surface area contributed by atoms with Gasteiger partial charge in [-0.15, -0.1) is 0 Å². The van der Waals surface area contributed by atoms with E-state index in [4.69, 9.17) is 11.6 Å². The second-order valence-electron chi connectivity index (χ2n) is 3.89. The molecule has 0 saturated heterocycles. The molecule has 0 bridgehead atoms. The van der Waals surface area contributed by atoms with Crippen molar-refractivity contribution in [3.63, 3.8) is 0 Å². The van der Waals surface area contributed by atoms with Crippen LogP contribution in [0.15, 0.2) is 54.6 Å². The van der Waals surface area contributed by atoms with Gasteiger partial charge in [-0.3, -0.25) is 4.79 Å². The third kappa shape index (κ3) is 4.23. The molecule has 0 aromatic heterocycles. The maximum atomic E-state index is 12.9. The van der Waals surface area contributed by atoms with Crippen LogP contribution < -0.4 is 5.32 Å². The van der Waals surface area contributed by atoms with Crippen molar-refractivity contribution in [1.82, 2.24) is 0 Å². The highest BCUT2D eigenvalue weighted by Gasteiger charge is 1.98. The van der Waals surface area contributed by atoms with Crippen LogP contribution in [-0.4, -0.2) is 5.91 Å². The zero-order chi connectivity index (χ0) is 13.7. The lowest BCUT2D eigenvalue weighted by molar-refractivity contribution is -0.111. The number of benzene rings is 2. The maximum Gasteiger partial charge on any atom is 0.248 e. The molecule has 0 saturated carbocycles. The van der Waals surface area contributed by atoms with Crippen molar-refractivity contribution in [2.75, 3.05) is 5.32 Å². The minimum atomic E-state index is -0.336. The largest absolute Gasteiger partial charge is 0.322 e. The third-order valence-corrected chi connectivity index (χ3v) is 2.60. The normalized spacial score (nSPS) is 10.6. The number of carbonyl (C=O) groups excluding carboxylic acids is 1. The molecule has 2 nitrogen and oxygen atoms in total. The van der Waals surface area contributed by atoms with E-state index in [-0.39, 0.29) is 11.7 Å².